The molecular formula is C6H9ClO2. The molecule has 0 aliphatic heterocycles. The monoisotopic (exact) mass is 148 g/mol. The van der Waals surface area contributed by atoms with Crippen LogP contribution in [0, 0.1) is 0 Å². The van der Waals surface area contributed by atoms with Gasteiger partial charge in [0.2, 0.25) is 0 Å². The van der Waals surface area contributed by atoms with Gasteiger partial charge in [0.25, 0.3) is 0 Å². The largest absolute Gasteiger partial charge is 0.388 e. The number of carbonyl (C=O) groups excluding carboxylic acids is 1. The van der Waals surface area contributed by atoms with E-state index in [1.54, 1.807) is 6.92 Å². The van der Waals surface area contributed by atoms with Crippen molar-refractivity contribution >= 4 is 17.4 Å². The van der Waals surface area contributed by atoms with Crippen LogP contribution >= 0.6 is 11.6 Å². The smallest absolute Gasteiger partial charge is 0.153 e. The zero-order valence-electron chi connectivity index (χ0n) is 5.22. The summed E-state index contributed by atoms with van der Waals surface area (Å²) in [4.78, 5) is 10.7. The van der Waals surface area contributed by atoms with Crippen molar-refractivity contribution in [1.82, 2.24) is 0 Å². The molecule has 0 radical (unpaired) electrons. The van der Waals surface area contributed by atoms with Crippen LogP contribution in [-0.2, 0) is 4.79 Å². The number of ketones is 1. The summed E-state index contributed by atoms with van der Waals surface area (Å²) in [6.45, 7) is 1.59. The predicted molar refractivity (Wildman–Crippen MR) is 34.5 cm³/mol. The number of rotatable bonds is 0. The number of halogens is 1. The summed E-state index contributed by atoms with van der Waals surface area (Å²) >= 11 is 5.55. The van der Waals surface area contributed by atoms with Gasteiger partial charge in [-0.05, 0) is 13.3 Å². The fraction of sp³-hybridized carbons (Fsp3) is 0.833. The van der Waals surface area contributed by atoms with Crippen molar-refractivity contribution in [2.45, 2.75) is 30.7 Å². The lowest BCUT2D eigenvalue weighted by Gasteiger charge is -2.17. The minimum atomic E-state index is -0.960. The van der Waals surface area contributed by atoms with E-state index in [0.29, 0.717) is 12.8 Å². The average Bonchev–Trinajstić information content (AvgIpc) is 1.97. The van der Waals surface area contributed by atoms with Crippen molar-refractivity contribution in [2.24, 2.45) is 0 Å². The molecule has 1 fully saturated rings. The third-order valence-electron chi connectivity index (χ3n) is 1.71. The number of hydrogen-bond donors (Lipinski definition) is 1. The molecule has 1 N–H and O–H groups in total. The second-order valence-electron chi connectivity index (χ2n) is 2.69. The van der Waals surface area contributed by atoms with Gasteiger partial charge in [0, 0.05) is 6.42 Å². The quantitative estimate of drug-likeness (QED) is 0.514. The molecule has 0 bridgehead atoms. The molecule has 2 nitrogen and oxygen atoms in total. The van der Waals surface area contributed by atoms with Gasteiger partial charge in [0.05, 0.1) is 5.60 Å². The highest BCUT2D eigenvalue weighted by atomic mass is 35.5. The first-order valence-electron chi connectivity index (χ1n) is 2.93. The Morgan fingerprint density at radius 1 is 1.89 bits per heavy atom. The fourth-order valence-electron chi connectivity index (χ4n) is 0.977. The highest BCUT2D eigenvalue weighted by Gasteiger charge is 2.41. The number of aliphatic hydroxyl groups is 1. The van der Waals surface area contributed by atoms with E-state index in [2.05, 4.69) is 0 Å². The van der Waals surface area contributed by atoms with Crippen LogP contribution in [0.15, 0.2) is 0 Å². The van der Waals surface area contributed by atoms with E-state index >= 15 is 0 Å². The Morgan fingerprint density at radius 3 is 2.56 bits per heavy atom. The molecule has 1 aliphatic rings. The van der Waals surface area contributed by atoms with Crippen LogP contribution in [-0.4, -0.2) is 21.9 Å². The van der Waals surface area contributed by atoms with E-state index in [1.165, 1.54) is 0 Å². The summed E-state index contributed by atoms with van der Waals surface area (Å²) < 4.78 is 0. The van der Waals surface area contributed by atoms with Gasteiger partial charge in [-0.1, -0.05) is 0 Å². The first-order chi connectivity index (χ1) is 4.04. The summed E-state index contributed by atoms with van der Waals surface area (Å²) in [5.74, 6) is -0.0401. The molecule has 0 spiro atoms. The standard InChI is InChI=1S/C6H9ClO2/c1-6(9)3-2-4(8)5(6)7/h5,9H,2-3H2,1H3. The minimum Gasteiger partial charge on any atom is -0.388 e. The lowest BCUT2D eigenvalue weighted by atomic mass is 10.1. The van der Waals surface area contributed by atoms with Crippen molar-refractivity contribution in [3.8, 4) is 0 Å². The number of hydrogen-bond acceptors (Lipinski definition) is 2. The number of Topliss-reactive ketones (excluding diaryl/α,β-unsaturated/α-hetero) is 1. The van der Waals surface area contributed by atoms with E-state index in [0.717, 1.165) is 0 Å². The van der Waals surface area contributed by atoms with Crippen molar-refractivity contribution in [2.75, 3.05) is 0 Å². The highest BCUT2D eigenvalue weighted by Crippen LogP contribution is 2.30. The summed E-state index contributed by atoms with van der Waals surface area (Å²) in [5.41, 5.74) is -0.960. The van der Waals surface area contributed by atoms with Crippen LogP contribution in [0.25, 0.3) is 0 Å². The summed E-state index contributed by atoms with van der Waals surface area (Å²) in [6.07, 6.45) is 0.918. The Balaban J connectivity index is 2.73. The Kier molecular flexibility index (Phi) is 1.53. The van der Waals surface area contributed by atoms with Gasteiger partial charge >= 0.3 is 0 Å². The first-order valence-corrected chi connectivity index (χ1v) is 3.37. The number of alkyl halides is 1. The fourth-order valence-corrected chi connectivity index (χ4v) is 1.19. The van der Waals surface area contributed by atoms with Crippen LogP contribution in [0.1, 0.15) is 19.8 Å². The summed E-state index contributed by atoms with van der Waals surface area (Å²) in [7, 11) is 0. The van der Waals surface area contributed by atoms with Gasteiger partial charge in [-0.2, -0.15) is 0 Å². The molecule has 1 saturated carbocycles. The predicted octanol–water partition coefficient (Wildman–Crippen LogP) is 0.708. The van der Waals surface area contributed by atoms with Crippen LogP contribution in [0.3, 0.4) is 0 Å². The van der Waals surface area contributed by atoms with E-state index in [-0.39, 0.29) is 5.78 Å². The summed E-state index contributed by atoms with van der Waals surface area (Å²) in [5, 5.41) is 8.60. The maximum Gasteiger partial charge on any atom is 0.153 e. The Bertz CT molecular complexity index is 142. The van der Waals surface area contributed by atoms with Crippen LogP contribution in [0.5, 0.6) is 0 Å². The Hall–Kier alpha value is -0.0800. The average molecular weight is 149 g/mol. The molecule has 2 atom stereocenters. The van der Waals surface area contributed by atoms with E-state index < -0.39 is 11.0 Å². The molecule has 0 aromatic rings. The second kappa shape index (κ2) is 1.96. The van der Waals surface area contributed by atoms with Crippen molar-refractivity contribution in [3.63, 3.8) is 0 Å². The Labute approximate surface area is 58.8 Å². The van der Waals surface area contributed by atoms with Gasteiger partial charge in [-0.25, -0.2) is 0 Å². The molecule has 2 unspecified atom stereocenters. The van der Waals surface area contributed by atoms with Crippen LogP contribution in [0.4, 0.5) is 0 Å². The van der Waals surface area contributed by atoms with Crippen molar-refractivity contribution in [1.29, 1.82) is 0 Å². The Morgan fingerprint density at radius 2 is 2.44 bits per heavy atom. The molecule has 0 amide bonds. The lowest BCUT2D eigenvalue weighted by Crippen LogP contribution is -2.32. The lowest BCUT2D eigenvalue weighted by molar-refractivity contribution is -0.118. The number of carbonyl (C=O) groups is 1. The van der Waals surface area contributed by atoms with E-state index in [1.807, 2.05) is 0 Å². The van der Waals surface area contributed by atoms with Gasteiger partial charge in [0.1, 0.15) is 5.38 Å². The molecule has 3 heteroatoms. The molecule has 0 saturated heterocycles. The van der Waals surface area contributed by atoms with Gasteiger partial charge < -0.3 is 5.11 Å². The second-order valence-corrected chi connectivity index (χ2v) is 3.12. The van der Waals surface area contributed by atoms with E-state index in [4.69, 9.17) is 11.6 Å². The van der Waals surface area contributed by atoms with Crippen molar-refractivity contribution in [3.05, 3.63) is 0 Å². The molecule has 0 aromatic carbocycles. The normalized spacial score (nSPS) is 43.9. The molecule has 0 heterocycles. The molecule has 52 valence electrons. The maximum atomic E-state index is 10.7. The topological polar surface area (TPSA) is 37.3 Å². The van der Waals surface area contributed by atoms with Crippen molar-refractivity contribution < 1.29 is 9.90 Å². The minimum absolute atomic E-state index is 0.0401. The SMILES string of the molecule is CC1(O)CCC(=O)C1Cl. The zero-order chi connectivity index (χ0) is 7.07. The molecule has 1 rings (SSSR count). The van der Waals surface area contributed by atoms with Crippen LogP contribution < -0.4 is 0 Å². The third kappa shape index (κ3) is 1.10. The maximum absolute atomic E-state index is 10.7. The molecule has 9 heavy (non-hydrogen) atoms. The summed E-state index contributed by atoms with van der Waals surface area (Å²) in [6, 6.07) is 0. The third-order valence-corrected chi connectivity index (χ3v) is 2.42. The van der Waals surface area contributed by atoms with Crippen LogP contribution in [0.2, 0.25) is 0 Å². The zero-order valence-corrected chi connectivity index (χ0v) is 5.98. The van der Waals surface area contributed by atoms with Gasteiger partial charge in [-0.15, -0.1) is 11.6 Å². The van der Waals surface area contributed by atoms with Gasteiger partial charge in [0.15, 0.2) is 5.78 Å². The molecule has 1 aliphatic carbocycles. The molecule has 0 aromatic heterocycles. The van der Waals surface area contributed by atoms with Gasteiger partial charge in [-0.3, -0.25) is 4.79 Å². The molecular weight excluding hydrogens is 140 g/mol. The highest BCUT2D eigenvalue weighted by molar-refractivity contribution is 6.32. The van der Waals surface area contributed by atoms with E-state index in [9.17, 15) is 9.90 Å². The first kappa shape index (κ1) is 7.03.